The van der Waals surface area contributed by atoms with Gasteiger partial charge in [-0.05, 0) is 19.8 Å². The predicted octanol–water partition coefficient (Wildman–Crippen LogP) is 2.23. The van der Waals surface area contributed by atoms with Crippen molar-refractivity contribution in [3.8, 4) is 0 Å². The predicted molar refractivity (Wildman–Crippen MR) is 72.1 cm³/mol. The number of aromatic nitrogens is 2. The van der Waals surface area contributed by atoms with Gasteiger partial charge in [-0.1, -0.05) is 19.3 Å². The SMILES string of the molecule is Cc1ncc(C(=O)NCC2(O)CCCCC2)c(C(F)(F)F)n1. The molecule has 1 aromatic rings. The van der Waals surface area contributed by atoms with Crippen LogP contribution in [0.3, 0.4) is 0 Å². The second kappa shape index (κ2) is 6.20. The van der Waals surface area contributed by atoms with E-state index in [9.17, 15) is 23.1 Å². The standard InChI is InChI=1S/C14H18F3N3O2/c1-9-18-7-10(11(20-9)14(15,16)17)12(21)19-8-13(22)5-3-2-4-6-13/h7,22H,2-6,8H2,1H3,(H,19,21). The molecule has 1 fully saturated rings. The molecular weight excluding hydrogens is 299 g/mol. The molecule has 0 aliphatic heterocycles. The molecule has 1 heterocycles. The van der Waals surface area contributed by atoms with E-state index in [0.29, 0.717) is 12.8 Å². The Bertz CT molecular complexity index is 555. The number of alkyl halides is 3. The first-order chi connectivity index (χ1) is 10.2. The molecular formula is C14H18F3N3O2. The number of hydrogen-bond acceptors (Lipinski definition) is 4. The molecule has 1 aliphatic rings. The third-order valence-corrected chi connectivity index (χ3v) is 3.78. The minimum Gasteiger partial charge on any atom is -0.388 e. The molecule has 0 bridgehead atoms. The van der Waals surface area contributed by atoms with Crippen LogP contribution in [-0.4, -0.2) is 33.1 Å². The fraction of sp³-hybridized carbons (Fsp3) is 0.643. The summed E-state index contributed by atoms with van der Waals surface area (Å²) in [5, 5.41) is 12.6. The summed E-state index contributed by atoms with van der Waals surface area (Å²) >= 11 is 0. The van der Waals surface area contributed by atoms with Crippen LogP contribution in [0.2, 0.25) is 0 Å². The number of carbonyl (C=O) groups excluding carboxylic acids is 1. The second-order valence-corrected chi connectivity index (χ2v) is 5.64. The number of carbonyl (C=O) groups is 1. The Labute approximate surface area is 126 Å². The molecule has 122 valence electrons. The van der Waals surface area contributed by atoms with Crippen molar-refractivity contribution in [1.29, 1.82) is 0 Å². The molecule has 22 heavy (non-hydrogen) atoms. The summed E-state index contributed by atoms with van der Waals surface area (Å²) in [4.78, 5) is 19.0. The molecule has 1 aromatic heterocycles. The van der Waals surface area contributed by atoms with Gasteiger partial charge in [-0.2, -0.15) is 13.2 Å². The molecule has 0 saturated heterocycles. The van der Waals surface area contributed by atoms with Gasteiger partial charge < -0.3 is 10.4 Å². The Balaban J connectivity index is 2.13. The van der Waals surface area contributed by atoms with E-state index in [1.807, 2.05) is 0 Å². The second-order valence-electron chi connectivity index (χ2n) is 5.64. The Morgan fingerprint density at radius 2 is 2.00 bits per heavy atom. The maximum Gasteiger partial charge on any atom is 0.434 e. The van der Waals surface area contributed by atoms with Crippen molar-refractivity contribution in [2.24, 2.45) is 0 Å². The van der Waals surface area contributed by atoms with Crippen molar-refractivity contribution in [3.05, 3.63) is 23.3 Å². The maximum atomic E-state index is 12.9. The van der Waals surface area contributed by atoms with Gasteiger partial charge in [0.2, 0.25) is 0 Å². The lowest BCUT2D eigenvalue weighted by Crippen LogP contribution is -2.44. The highest BCUT2D eigenvalue weighted by molar-refractivity contribution is 5.95. The van der Waals surface area contributed by atoms with Crippen LogP contribution < -0.4 is 5.32 Å². The summed E-state index contributed by atoms with van der Waals surface area (Å²) in [5.74, 6) is -0.985. The Morgan fingerprint density at radius 3 is 2.59 bits per heavy atom. The van der Waals surface area contributed by atoms with Crippen molar-refractivity contribution in [2.75, 3.05) is 6.54 Å². The first kappa shape index (κ1) is 16.7. The Hall–Kier alpha value is -1.70. The van der Waals surface area contributed by atoms with Gasteiger partial charge in [0.15, 0.2) is 5.69 Å². The van der Waals surface area contributed by atoms with Gasteiger partial charge in [0.1, 0.15) is 5.82 Å². The van der Waals surface area contributed by atoms with Crippen LogP contribution in [0.1, 0.15) is 54.0 Å². The highest BCUT2D eigenvalue weighted by Crippen LogP contribution is 2.30. The zero-order chi connectivity index (χ0) is 16.4. The lowest BCUT2D eigenvalue weighted by molar-refractivity contribution is -0.141. The minimum absolute atomic E-state index is 0.0604. The van der Waals surface area contributed by atoms with Gasteiger partial charge in [0.25, 0.3) is 5.91 Å². The highest BCUT2D eigenvalue weighted by Gasteiger charge is 2.38. The summed E-state index contributed by atoms with van der Waals surface area (Å²) in [6, 6.07) is 0. The number of aliphatic hydroxyl groups is 1. The quantitative estimate of drug-likeness (QED) is 0.896. The van der Waals surface area contributed by atoms with Crippen molar-refractivity contribution in [3.63, 3.8) is 0 Å². The molecule has 2 rings (SSSR count). The van der Waals surface area contributed by atoms with Gasteiger partial charge in [0.05, 0.1) is 11.2 Å². The Kier molecular flexibility index (Phi) is 4.69. The van der Waals surface area contributed by atoms with Crippen molar-refractivity contribution in [2.45, 2.75) is 50.8 Å². The molecule has 8 heteroatoms. The molecule has 1 aliphatic carbocycles. The number of aryl methyl sites for hydroxylation is 1. The van der Waals surface area contributed by atoms with E-state index >= 15 is 0 Å². The summed E-state index contributed by atoms with van der Waals surface area (Å²) in [7, 11) is 0. The third kappa shape index (κ3) is 3.94. The first-order valence-electron chi connectivity index (χ1n) is 7.13. The number of halogens is 3. The smallest absolute Gasteiger partial charge is 0.388 e. The fourth-order valence-electron chi connectivity index (χ4n) is 2.58. The average Bonchev–Trinajstić information content (AvgIpc) is 2.45. The number of nitrogens with zero attached hydrogens (tertiary/aromatic N) is 2. The third-order valence-electron chi connectivity index (χ3n) is 3.78. The molecule has 0 atom stereocenters. The van der Waals surface area contributed by atoms with Crippen LogP contribution in [0.25, 0.3) is 0 Å². The van der Waals surface area contributed by atoms with E-state index in [1.165, 1.54) is 6.92 Å². The minimum atomic E-state index is -4.73. The lowest BCUT2D eigenvalue weighted by atomic mass is 9.85. The largest absolute Gasteiger partial charge is 0.434 e. The molecule has 5 nitrogen and oxygen atoms in total. The van der Waals surface area contributed by atoms with Crippen molar-refractivity contribution >= 4 is 5.91 Å². The van der Waals surface area contributed by atoms with Crippen molar-refractivity contribution < 1.29 is 23.1 Å². The zero-order valence-corrected chi connectivity index (χ0v) is 12.2. The van der Waals surface area contributed by atoms with Crippen LogP contribution in [-0.2, 0) is 6.18 Å². The summed E-state index contributed by atoms with van der Waals surface area (Å²) in [6.45, 7) is 1.25. The van der Waals surface area contributed by atoms with Crippen LogP contribution in [0.4, 0.5) is 13.2 Å². The van der Waals surface area contributed by atoms with Gasteiger partial charge in [-0.25, -0.2) is 9.97 Å². The summed E-state index contributed by atoms with van der Waals surface area (Å²) < 4.78 is 38.8. The molecule has 0 unspecified atom stereocenters. The van der Waals surface area contributed by atoms with Gasteiger partial charge in [-0.3, -0.25) is 4.79 Å². The van der Waals surface area contributed by atoms with E-state index in [0.717, 1.165) is 25.5 Å². The number of rotatable bonds is 3. The Morgan fingerprint density at radius 1 is 1.36 bits per heavy atom. The summed E-state index contributed by atoms with van der Waals surface area (Å²) in [5.41, 5.74) is -2.93. The molecule has 2 N–H and O–H groups in total. The molecule has 0 spiro atoms. The van der Waals surface area contributed by atoms with Gasteiger partial charge in [0, 0.05) is 12.7 Å². The number of hydrogen-bond donors (Lipinski definition) is 2. The highest BCUT2D eigenvalue weighted by atomic mass is 19.4. The van der Waals surface area contributed by atoms with Gasteiger partial charge >= 0.3 is 6.18 Å². The molecule has 1 saturated carbocycles. The fourth-order valence-corrected chi connectivity index (χ4v) is 2.58. The van der Waals surface area contributed by atoms with Crippen LogP contribution in [0.15, 0.2) is 6.20 Å². The van der Waals surface area contributed by atoms with E-state index in [4.69, 9.17) is 0 Å². The number of amides is 1. The summed E-state index contributed by atoms with van der Waals surface area (Å²) in [6.07, 6.45) is -0.108. The maximum absolute atomic E-state index is 12.9. The molecule has 0 radical (unpaired) electrons. The topological polar surface area (TPSA) is 75.1 Å². The van der Waals surface area contributed by atoms with E-state index in [-0.39, 0.29) is 12.4 Å². The van der Waals surface area contributed by atoms with Gasteiger partial charge in [-0.15, -0.1) is 0 Å². The van der Waals surface area contributed by atoms with E-state index in [1.54, 1.807) is 0 Å². The normalized spacial score (nSPS) is 18.0. The van der Waals surface area contributed by atoms with Crippen molar-refractivity contribution in [1.82, 2.24) is 15.3 Å². The average molecular weight is 317 g/mol. The van der Waals surface area contributed by atoms with E-state index < -0.39 is 28.9 Å². The number of nitrogens with one attached hydrogen (secondary N) is 1. The van der Waals surface area contributed by atoms with Crippen LogP contribution in [0, 0.1) is 6.92 Å². The van der Waals surface area contributed by atoms with Crippen LogP contribution in [0.5, 0.6) is 0 Å². The first-order valence-corrected chi connectivity index (χ1v) is 7.13. The monoisotopic (exact) mass is 317 g/mol. The van der Waals surface area contributed by atoms with E-state index in [2.05, 4.69) is 15.3 Å². The molecule has 0 aromatic carbocycles. The molecule has 1 amide bonds. The zero-order valence-electron chi connectivity index (χ0n) is 12.2. The van der Waals surface area contributed by atoms with Crippen LogP contribution >= 0.6 is 0 Å². The lowest BCUT2D eigenvalue weighted by Gasteiger charge is -2.32.